The lowest BCUT2D eigenvalue weighted by molar-refractivity contribution is -0.137. The highest BCUT2D eigenvalue weighted by atomic mass is 19.4. The van der Waals surface area contributed by atoms with Gasteiger partial charge in [-0.2, -0.15) is 23.1 Å². The molecule has 2 bridgehead atoms. The van der Waals surface area contributed by atoms with Crippen molar-refractivity contribution in [3.63, 3.8) is 0 Å². The SMILES string of the molecule is Nc1cc(C2CC2)c(C(F)(F)F)c(-c2c(F)c3nc(OC[C@]45C[C@@H](F)CN4CC4(COC4)C5)nc4c3n(c2=O)CCC2C3CCC(CN42)N3)n1. The number of halogens is 5. The second-order valence-corrected chi connectivity index (χ2v) is 15.7. The van der Waals surface area contributed by atoms with E-state index in [9.17, 15) is 22.4 Å². The maximum absolute atomic E-state index is 17.1. The van der Waals surface area contributed by atoms with Crippen molar-refractivity contribution < 1.29 is 31.4 Å². The number of pyridine rings is 2. The van der Waals surface area contributed by atoms with Gasteiger partial charge in [0.1, 0.15) is 35.2 Å². The number of nitrogens with one attached hydrogen (secondary N) is 1. The molecule has 50 heavy (non-hydrogen) atoms. The summed E-state index contributed by atoms with van der Waals surface area (Å²) in [5, 5.41) is 3.64. The molecule has 266 valence electrons. The number of ether oxygens (including phenoxy) is 2. The number of fused-ring (bicyclic) bond motifs is 6. The predicted octanol–water partition coefficient (Wildman–Crippen LogP) is 3.77. The van der Waals surface area contributed by atoms with E-state index in [1.165, 1.54) is 10.6 Å². The zero-order chi connectivity index (χ0) is 34.3. The van der Waals surface area contributed by atoms with Crippen LogP contribution in [0.1, 0.15) is 62.0 Å². The van der Waals surface area contributed by atoms with Gasteiger partial charge in [-0.3, -0.25) is 9.69 Å². The third kappa shape index (κ3) is 4.55. The number of nitrogen functional groups attached to an aromatic ring is 1. The first-order valence-electron chi connectivity index (χ1n) is 17.6. The second-order valence-electron chi connectivity index (χ2n) is 15.7. The van der Waals surface area contributed by atoms with Crippen molar-refractivity contribution in [2.75, 3.05) is 50.1 Å². The summed E-state index contributed by atoms with van der Waals surface area (Å²) >= 11 is 0. The summed E-state index contributed by atoms with van der Waals surface area (Å²) in [4.78, 5) is 31.9. The number of aryl methyl sites for hydroxylation is 1. The van der Waals surface area contributed by atoms with Crippen LogP contribution in [0, 0.1) is 11.2 Å². The quantitative estimate of drug-likeness (QED) is 0.381. The first-order valence-corrected chi connectivity index (χ1v) is 17.6. The molecular formula is C34H37F5N8O3. The van der Waals surface area contributed by atoms with E-state index in [1.54, 1.807) is 0 Å². The Hall–Kier alpha value is -3.63. The molecule has 0 amide bonds. The van der Waals surface area contributed by atoms with Crippen LogP contribution in [0.25, 0.3) is 22.3 Å². The van der Waals surface area contributed by atoms with Gasteiger partial charge in [-0.1, -0.05) is 0 Å². The number of hydrogen-bond donors (Lipinski definition) is 2. The van der Waals surface area contributed by atoms with Crippen LogP contribution in [0.15, 0.2) is 10.9 Å². The monoisotopic (exact) mass is 700 g/mol. The third-order valence-corrected chi connectivity index (χ3v) is 12.3. The second kappa shape index (κ2) is 10.5. The Morgan fingerprint density at radius 3 is 2.66 bits per heavy atom. The summed E-state index contributed by atoms with van der Waals surface area (Å²) in [6.45, 7) is 2.87. The van der Waals surface area contributed by atoms with Crippen LogP contribution < -0.4 is 26.2 Å². The van der Waals surface area contributed by atoms with Crippen molar-refractivity contribution >= 4 is 22.7 Å². The topological polar surface area (TPSA) is 124 Å². The molecule has 3 N–H and O–H groups in total. The lowest BCUT2D eigenvalue weighted by Crippen LogP contribution is -2.58. The maximum Gasteiger partial charge on any atom is 0.418 e. The zero-order valence-electron chi connectivity index (χ0n) is 27.2. The van der Waals surface area contributed by atoms with E-state index in [-0.39, 0.29) is 78.1 Å². The molecule has 0 aromatic carbocycles. The molecule has 10 rings (SSSR count). The number of piperazine rings is 1. The molecule has 9 heterocycles. The molecule has 5 atom stereocenters. The number of anilines is 2. The number of hydrogen-bond acceptors (Lipinski definition) is 10. The summed E-state index contributed by atoms with van der Waals surface area (Å²) in [5.41, 5.74) is 1.31. The minimum absolute atomic E-state index is 0.0458. The summed E-state index contributed by atoms with van der Waals surface area (Å²) in [6, 6.07) is 1.15. The molecule has 7 aliphatic rings. The van der Waals surface area contributed by atoms with E-state index in [4.69, 9.17) is 20.2 Å². The van der Waals surface area contributed by atoms with Crippen molar-refractivity contribution in [1.29, 1.82) is 0 Å². The normalized spacial score (nSPS) is 31.2. The van der Waals surface area contributed by atoms with Crippen molar-refractivity contribution in [3.8, 4) is 17.3 Å². The molecule has 6 aliphatic heterocycles. The molecular weight excluding hydrogens is 663 g/mol. The molecule has 6 fully saturated rings. The Morgan fingerprint density at radius 2 is 1.92 bits per heavy atom. The summed E-state index contributed by atoms with van der Waals surface area (Å²) in [7, 11) is 0. The van der Waals surface area contributed by atoms with E-state index in [2.05, 4.69) is 25.1 Å². The minimum Gasteiger partial charge on any atom is -0.461 e. The van der Waals surface area contributed by atoms with Gasteiger partial charge in [0.2, 0.25) is 0 Å². The van der Waals surface area contributed by atoms with E-state index in [0.29, 0.717) is 57.8 Å². The van der Waals surface area contributed by atoms with Crippen LogP contribution in [0.4, 0.5) is 33.6 Å². The van der Waals surface area contributed by atoms with Crippen molar-refractivity contribution in [2.24, 2.45) is 5.41 Å². The van der Waals surface area contributed by atoms with Gasteiger partial charge >= 0.3 is 12.2 Å². The van der Waals surface area contributed by atoms with Gasteiger partial charge in [0.05, 0.1) is 30.0 Å². The number of nitrogens with zero attached hydrogens (tertiary/aromatic N) is 6. The van der Waals surface area contributed by atoms with E-state index < -0.39 is 52.0 Å². The molecule has 1 saturated carbocycles. The van der Waals surface area contributed by atoms with Gasteiger partial charge in [-0.05, 0) is 56.1 Å². The number of alkyl halides is 4. The fourth-order valence-electron chi connectivity index (χ4n) is 10.1. The summed E-state index contributed by atoms with van der Waals surface area (Å²) in [6.07, 6.45) is -1.63. The van der Waals surface area contributed by atoms with Crippen LogP contribution >= 0.6 is 0 Å². The number of nitrogens with two attached hydrogens (primary N) is 1. The zero-order valence-corrected chi connectivity index (χ0v) is 27.2. The Balaban J connectivity index is 1.15. The Labute approximate surface area is 283 Å². The first-order chi connectivity index (χ1) is 23.9. The Morgan fingerprint density at radius 1 is 1.10 bits per heavy atom. The lowest BCUT2D eigenvalue weighted by atomic mass is 9.78. The first kappa shape index (κ1) is 31.1. The highest BCUT2D eigenvalue weighted by molar-refractivity contribution is 5.91. The van der Waals surface area contributed by atoms with Gasteiger partial charge in [0.15, 0.2) is 11.6 Å². The van der Waals surface area contributed by atoms with Crippen molar-refractivity contribution in [3.05, 3.63) is 33.4 Å². The molecule has 3 unspecified atom stereocenters. The molecule has 3 aromatic heterocycles. The third-order valence-electron chi connectivity index (χ3n) is 12.3. The smallest absolute Gasteiger partial charge is 0.418 e. The van der Waals surface area contributed by atoms with Crippen LogP contribution in [0.2, 0.25) is 0 Å². The van der Waals surface area contributed by atoms with E-state index >= 15 is 4.39 Å². The number of rotatable bonds is 5. The van der Waals surface area contributed by atoms with Gasteiger partial charge in [0, 0.05) is 56.1 Å². The van der Waals surface area contributed by atoms with Crippen LogP contribution in [-0.4, -0.2) is 93.7 Å². The average molecular weight is 701 g/mol. The highest BCUT2D eigenvalue weighted by Gasteiger charge is 2.61. The fourth-order valence-corrected chi connectivity index (χ4v) is 10.1. The average Bonchev–Trinajstić information content (AvgIpc) is 3.69. The van der Waals surface area contributed by atoms with E-state index in [0.717, 1.165) is 12.8 Å². The predicted molar refractivity (Wildman–Crippen MR) is 171 cm³/mol. The molecule has 0 radical (unpaired) electrons. The van der Waals surface area contributed by atoms with Gasteiger partial charge in [0.25, 0.3) is 5.56 Å². The fraction of sp³-hybridized carbons (Fsp3) is 0.647. The van der Waals surface area contributed by atoms with Gasteiger partial charge < -0.3 is 30.0 Å². The molecule has 5 saturated heterocycles. The van der Waals surface area contributed by atoms with Crippen LogP contribution in [-0.2, 0) is 17.5 Å². The molecule has 16 heteroatoms. The van der Waals surface area contributed by atoms with Gasteiger partial charge in [-0.15, -0.1) is 0 Å². The number of aromatic nitrogens is 4. The van der Waals surface area contributed by atoms with Crippen molar-refractivity contribution in [1.82, 2.24) is 29.7 Å². The molecule has 1 aliphatic carbocycles. The van der Waals surface area contributed by atoms with E-state index in [1.807, 2.05) is 0 Å². The summed E-state index contributed by atoms with van der Waals surface area (Å²) in [5.74, 6) is -1.55. The summed E-state index contributed by atoms with van der Waals surface area (Å²) < 4.78 is 89.6. The van der Waals surface area contributed by atoms with Crippen LogP contribution in [0.5, 0.6) is 6.01 Å². The van der Waals surface area contributed by atoms with Crippen molar-refractivity contribution in [2.45, 2.75) is 93.4 Å². The van der Waals surface area contributed by atoms with Crippen LogP contribution in [0.3, 0.4) is 0 Å². The Kier molecular flexibility index (Phi) is 6.52. The molecule has 11 nitrogen and oxygen atoms in total. The molecule has 1 spiro atoms. The largest absolute Gasteiger partial charge is 0.461 e. The minimum atomic E-state index is -4.93. The maximum atomic E-state index is 17.1. The Bertz CT molecular complexity index is 2000. The highest BCUT2D eigenvalue weighted by Crippen LogP contribution is 2.52. The van der Waals surface area contributed by atoms with Gasteiger partial charge in [-0.25, -0.2) is 13.8 Å². The lowest BCUT2D eigenvalue weighted by Gasteiger charge is -2.41. The molecule has 3 aromatic rings. The standard InChI is InChI=1S/C34H37F5N8O3/c35-17-8-33(11-32(13-49-14-32)12-45(33)9-17)15-50-31-43-27-25(36)23(26-24(34(37,38)39)19(16-1-2-16)7-22(40)42-26)30(48)46-6-5-21-20-4-3-18(41-20)10-47(21)29(44-31)28(27)46/h7,16-18,20-21,41H,1-6,8-15H2,(H2,40,42)/t17-,18?,20?,21?,33-/m1/s1.